The summed E-state index contributed by atoms with van der Waals surface area (Å²) in [5, 5.41) is 2.51. The summed E-state index contributed by atoms with van der Waals surface area (Å²) in [5.74, 6) is -1.26. The Morgan fingerprint density at radius 2 is 1.18 bits per heavy atom. The van der Waals surface area contributed by atoms with Crippen molar-refractivity contribution in [3.05, 3.63) is 0 Å². The van der Waals surface area contributed by atoms with Gasteiger partial charge in [-0.15, -0.1) is 0 Å². The molecule has 1 amide bonds. The van der Waals surface area contributed by atoms with Gasteiger partial charge in [-0.25, -0.2) is 9.59 Å². The van der Waals surface area contributed by atoms with Crippen LogP contribution in [0.25, 0.3) is 0 Å². The van der Waals surface area contributed by atoms with Gasteiger partial charge in [0.15, 0.2) is 0 Å². The van der Waals surface area contributed by atoms with Crippen molar-refractivity contribution >= 4 is 17.8 Å². The zero-order valence-electron chi connectivity index (χ0n) is 21.5. The first-order valence-electron chi connectivity index (χ1n) is 13.0. The predicted octanol–water partition coefficient (Wildman–Crippen LogP) is 6.05. The zero-order valence-corrected chi connectivity index (χ0v) is 21.5. The topological polar surface area (TPSA) is 81.7 Å². The van der Waals surface area contributed by atoms with Crippen molar-refractivity contribution in [2.75, 3.05) is 19.9 Å². The maximum absolute atomic E-state index is 12.6. The number of nitrogens with one attached hydrogen (secondary N) is 1. The molecule has 0 spiro atoms. The van der Waals surface area contributed by atoms with Gasteiger partial charge in [0.25, 0.3) is 0 Å². The number of amides is 1. The molecule has 33 heavy (non-hydrogen) atoms. The highest BCUT2D eigenvalue weighted by Gasteiger charge is 2.49. The first-order chi connectivity index (χ1) is 15.8. The average molecular weight is 474 g/mol. The summed E-state index contributed by atoms with van der Waals surface area (Å²) in [7, 11) is 0. The second kappa shape index (κ2) is 19.8. The largest absolute Gasteiger partial charge is 0.464 e. The van der Waals surface area contributed by atoms with Gasteiger partial charge >= 0.3 is 11.9 Å². The van der Waals surface area contributed by atoms with E-state index in [1.165, 1.54) is 45.4 Å². The molecule has 0 bridgehead atoms. The van der Waals surface area contributed by atoms with Crippen LogP contribution in [-0.4, -0.2) is 43.3 Å². The zero-order chi connectivity index (χ0) is 25.0. The highest BCUT2D eigenvalue weighted by molar-refractivity contribution is 6.07. The van der Waals surface area contributed by atoms with E-state index in [2.05, 4.69) is 12.2 Å². The predicted molar refractivity (Wildman–Crippen MR) is 130 cm³/mol. The number of alkyl halides is 1. The number of unbranched alkanes of at least 4 members (excludes halogenated alkanes) is 9. The summed E-state index contributed by atoms with van der Waals surface area (Å²) in [6.07, 6.45) is 14.0. The smallest absolute Gasteiger partial charge is 0.343 e. The van der Waals surface area contributed by atoms with Gasteiger partial charge in [0.05, 0.1) is 19.9 Å². The Bertz CT molecular complexity index is 523. The van der Waals surface area contributed by atoms with Crippen molar-refractivity contribution in [3.8, 4) is 0 Å². The minimum Gasteiger partial charge on any atom is -0.464 e. The van der Waals surface area contributed by atoms with E-state index in [1.807, 2.05) is 0 Å². The molecule has 0 aromatic rings. The van der Waals surface area contributed by atoms with Crippen LogP contribution >= 0.6 is 0 Å². The summed E-state index contributed by atoms with van der Waals surface area (Å²) in [6, 6.07) is 0. The third kappa shape index (κ3) is 14.3. The van der Waals surface area contributed by atoms with E-state index in [-0.39, 0.29) is 26.3 Å². The van der Waals surface area contributed by atoms with Crippen molar-refractivity contribution < 1.29 is 28.2 Å². The van der Waals surface area contributed by atoms with Crippen LogP contribution in [0, 0.1) is 5.92 Å². The van der Waals surface area contributed by atoms with Gasteiger partial charge in [0.1, 0.15) is 0 Å². The van der Waals surface area contributed by atoms with Crippen molar-refractivity contribution in [2.45, 2.75) is 123 Å². The Kier molecular flexibility index (Phi) is 18.8. The molecule has 1 N–H and O–H groups in total. The molecule has 194 valence electrons. The molecule has 0 fully saturated rings. The number of carbonyl (C=O) groups excluding carboxylic acids is 3. The molecule has 0 radical (unpaired) electrons. The highest BCUT2D eigenvalue weighted by atomic mass is 19.1. The SMILES string of the molecule is CCOC(=O)C(CCCCCCCC(C)CCCCCCCCF)(NC(C)=O)C(=O)OCC. The van der Waals surface area contributed by atoms with Crippen LogP contribution in [0.2, 0.25) is 0 Å². The molecule has 7 heteroatoms. The summed E-state index contributed by atoms with van der Waals surface area (Å²) >= 11 is 0. The lowest BCUT2D eigenvalue weighted by atomic mass is 9.91. The van der Waals surface area contributed by atoms with Crippen LogP contribution in [0.3, 0.4) is 0 Å². The fraction of sp³-hybridized carbons (Fsp3) is 0.885. The molecule has 0 heterocycles. The molecule has 6 nitrogen and oxygen atoms in total. The lowest BCUT2D eigenvalue weighted by Crippen LogP contribution is -2.61. The molecule has 0 saturated heterocycles. The minimum absolute atomic E-state index is 0.122. The van der Waals surface area contributed by atoms with Gasteiger partial charge in [-0.2, -0.15) is 0 Å². The number of esters is 2. The normalized spacial score (nSPS) is 12.3. The molecule has 1 atom stereocenters. The number of hydrogen-bond donors (Lipinski definition) is 1. The van der Waals surface area contributed by atoms with Crippen molar-refractivity contribution in [1.82, 2.24) is 5.32 Å². The van der Waals surface area contributed by atoms with Crippen molar-refractivity contribution in [2.24, 2.45) is 5.92 Å². The Morgan fingerprint density at radius 1 is 0.758 bits per heavy atom. The Balaban J connectivity index is 4.26. The third-order valence-electron chi connectivity index (χ3n) is 5.97. The molecular weight excluding hydrogens is 425 g/mol. The second-order valence-corrected chi connectivity index (χ2v) is 9.04. The molecule has 0 aliphatic heterocycles. The lowest BCUT2D eigenvalue weighted by molar-refractivity contribution is -0.168. The highest BCUT2D eigenvalue weighted by Crippen LogP contribution is 2.22. The molecule has 0 aliphatic carbocycles. The van der Waals surface area contributed by atoms with Crippen LogP contribution in [0.1, 0.15) is 118 Å². The van der Waals surface area contributed by atoms with Gasteiger partial charge in [-0.3, -0.25) is 9.18 Å². The number of ether oxygens (including phenoxy) is 2. The molecular formula is C26H48FNO5. The maximum Gasteiger partial charge on any atom is 0.343 e. The van der Waals surface area contributed by atoms with E-state index in [0.29, 0.717) is 12.8 Å². The standard InChI is InChI=1S/C26H48FNO5/c1-5-32-24(30)26(28-23(4)29,25(31)33-6-2)20-16-12-9-11-15-19-22(3)18-14-10-7-8-13-17-21-27/h22H,5-21H2,1-4H3,(H,28,29). The second-order valence-electron chi connectivity index (χ2n) is 9.04. The van der Waals surface area contributed by atoms with Crippen LogP contribution < -0.4 is 5.32 Å². The number of carbonyl (C=O) groups is 3. The first-order valence-corrected chi connectivity index (χ1v) is 13.0. The Hall–Kier alpha value is -1.66. The molecule has 0 saturated carbocycles. The average Bonchev–Trinajstić information content (AvgIpc) is 2.77. The quantitative estimate of drug-likeness (QED) is 0.125. The van der Waals surface area contributed by atoms with Crippen molar-refractivity contribution in [3.63, 3.8) is 0 Å². The first kappa shape index (κ1) is 31.3. The molecule has 0 aromatic carbocycles. The van der Waals surface area contributed by atoms with E-state index in [4.69, 9.17) is 9.47 Å². The summed E-state index contributed by atoms with van der Waals surface area (Å²) in [5.41, 5.74) is -1.77. The molecule has 0 aliphatic rings. The fourth-order valence-electron chi connectivity index (χ4n) is 4.11. The fourth-order valence-corrected chi connectivity index (χ4v) is 4.11. The van der Waals surface area contributed by atoms with Crippen molar-refractivity contribution in [1.29, 1.82) is 0 Å². The van der Waals surface area contributed by atoms with Crippen LogP contribution in [0.5, 0.6) is 0 Å². The van der Waals surface area contributed by atoms with Crippen LogP contribution in [0.15, 0.2) is 0 Å². The van der Waals surface area contributed by atoms with E-state index in [1.54, 1.807) is 13.8 Å². The van der Waals surface area contributed by atoms with Gasteiger partial charge in [0.2, 0.25) is 11.4 Å². The summed E-state index contributed by atoms with van der Waals surface area (Å²) in [4.78, 5) is 36.9. The van der Waals surface area contributed by atoms with Crippen LogP contribution in [-0.2, 0) is 23.9 Å². The lowest BCUT2D eigenvalue weighted by Gasteiger charge is -2.29. The number of hydrogen-bond acceptors (Lipinski definition) is 5. The van der Waals surface area contributed by atoms with Gasteiger partial charge in [-0.05, 0) is 39.0 Å². The number of halogens is 1. The Morgan fingerprint density at radius 3 is 1.61 bits per heavy atom. The Labute approximate surface area is 200 Å². The van der Waals surface area contributed by atoms with Gasteiger partial charge in [-0.1, -0.05) is 77.6 Å². The van der Waals surface area contributed by atoms with Gasteiger partial charge < -0.3 is 14.8 Å². The molecule has 0 rings (SSSR count). The van der Waals surface area contributed by atoms with E-state index in [0.717, 1.165) is 38.0 Å². The van der Waals surface area contributed by atoms with E-state index >= 15 is 0 Å². The number of rotatable bonds is 21. The molecule has 0 aromatic heterocycles. The summed E-state index contributed by atoms with van der Waals surface area (Å²) in [6.45, 7) is 6.97. The van der Waals surface area contributed by atoms with E-state index in [9.17, 15) is 18.8 Å². The maximum atomic E-state index is 12.6. The van der Waals surface area contributed by atoms with Crippen LogP contribution in [0.4, 0.5) is 4.39 Å². The monoisotopic (exact) mass is 473 g/mol. The molecule has 1 unspecified atom stereocenters. The minimum atomic E-state index is -1.77. The van der Waals surface area contributed by atoms with E-state index < -0.39 is 23.4 Å². The van der Waals surface area contributed by atoms with Gasteiger partial charge in [0, 0.05) is 6.92 Å². The summed E-state index contributed by atoms with van der Waals surface area (Å²) < 4.78 is 22.2. The third-order valence-corrected chi connectivity index (χ3v) is 5.97.